The van der Waals surface area contributed by atoms with Crippen LogP contribution in [0.25, 0.3) is 0 Å². The molecule has 0 aromatic carbocycles. The average molecular weight is 415 g/mol. The summed E-state index contributed by atoms with van der Waals surface area (Å²) in [5, 5.41) is 6.93. The predicted molar refractivity (Wildman–Crippen MR) is 119 cm³/mol. The SMILES string of the molecule is N/C=C\C=N\OC(=O)C(N)CCN(CCCCc1ccc2c(n1)NCCC2)C1CC1. The third-order valence-electron chi connectivity index (χ3n) is 5.57. The van der Waals surface area contributed by atoms with Gasteiger partial charge in [0.2, 0.25) is 0 Å². The number of oxime groups is 1. The van der Waals surface area contributed by atoms with Gasteiger partial charge in [0.05, 0.1) is 6.21 Å². The number of unbranched alkanes of at least 4 members (excludes halogenated alkanes) is 1. The standard InChI is InChI=1S/C22H34N6O2/c23-12-4-14-26-30-22(29)20(24)11-16-28(19-9-10-19)15-2-1-6-18-8-7-17-5-3-13-25-21(17)27-18/h4,7-8,12,14,19-20H,1-3,5-6,9-11,13,15-16,23-24H2,(H,25,27)/b12-4-,26-14+. The van der Waals surface area contributed by atoms with Crippen LogP contribution in [0, 0.1) is 0 Å². The van der Waals surface area contributed by atoms with Crippen LogP contribution in [0.5, 0.6) is 0 Å². The lowest BCUT2D eigenvalue weighted by molar-refractivity contribution is -0.145. The Labute approximate surface area is 178 Å². The number of pyridine rings is 1. The summed E-state index contributed by atoms with van der Waals surface area (Å²) in [6.45, 7) is 2.84. The second-order valence-corrected chi connectivity index (χ2v) is 8.01. The first-order chi connectivity index (χ1) is 14.7. The molecule has 0 saturated heterocycles. The molecule has 8 nitrogen and oxygen atoms in total. The van der Waals surface area contributed by atoms with E-state index in [1.807, 2.05) is 0 Å². The normalized spacial score (nSPS) is 17.3. The monoisotopic (exact) mass is 414 g/mol. The molecule has 1 unspecified atom stereocenters. The van der Waals surface area contributed by atoms with Gasteiger partial charge in [-0.2, -0.15) is 0 Å². The molecule has 5 N–H and O–H groups in total. The molecular formula is C22H34N6O2. The summed E-state index contributed by atoms with van der Waals surface area (Å²) < 4.78 is 0. The van der Waals surface area contributed by atoms with Crippen molar-refractivity contribution < 1.29 is 9.63 Å². The molecule has 2 heterocycles. The van der Waals surface area contributed by atoms with Crippen LogP contribution in [0.15, 0.2) is 29.6 Å². The van der Waals surface area contributed by atoms with Crippen molar-refractivity contribution in [1.82, 2.24) is 9.88 Å². The van der Waals surface area contributed by atoms with Gasteiger partial charge in [-0.05, 0) is 81.8 Å². The molecule has 1 aliphatic carbocycles. The van der Waals surface area contributed by atoms with Crippen molar-refractivity contribution in [3.8, 4) is 0 Å². The minimum atomic E-state index is -0.669. The van der Waals surface area contributed by atoms with E-state index in [9.17, 15) is 4.79 Å². The molecule has 8 heteroatoms. The molecule has 1 aromatic rings. The van der Waals surface area contributed by atoms with Gasteiger partial charge in [0, 0.05) is 24.8 Å². The maximum atomic E-state index is 11.9. The highest BCUT2D eigenvalue weighted by molar-refractivity contribution is 5.77. The molecule has 0 bridgehead atoms. The summed E-state index contributed by atoms with van der Waals surface area (Å²) in [6, 6.07) is 4.35. The lowest BCUT2D eigenvalue weighted by Gasteiger charge is -2.23. The number of nitrogens with two attached hydrogens (primary N) is 2. The van der Waals surface area contributed by atoms with Gasteiger partial charge in [-0.3, -0.25) is 0 Å². The molecule has 30 heavy (non-hydrogen) atoms. The first kappa shape index (κ1) is 22.2. The minimum Gasteiger partial charge on any atom is -0.405 e. The molecule has 2 aliphatic rings. The molecule has 0 spiro atoms. The topological polar surface area (TPSA) is 119 Å². The summed E-state index contributed by atoms with van der Waals surface area (Å²) in [5.41, 5.74) is 13.6. The van der Waals surface area contributed by atoms with Gasteiger partial charge >= 0.3 is 5.97 Å². The number of nitrogens with zero attached hydrogens (tertiary/aromatic N) is 3. The number of rotatable bonds is 12. The van der Waals surface area contributed by atoms with Crippen molar-refractivity contribution in [2.24, 2.45) is 16.6 Å². The molecule has 1 saturated carbocycles. The summed E-state index contributed by atoms with van der Waals surface area (Å²) in [5.74, 6) is 0.558. The van der Waals surface area contributed by atoms with Crippen LogP contribution in [-0.2, 0) is 22.5 Å². The predicted octanol–water partition coefficient (Wildman–Crippen LogP) is 1.95. The fraction of sp³-hybridized carbons (Fsp3) is 0.591. The third-order valence-corrected chi connectivity index (χ3v) is 5.57. The van der Waals surface area contributed by atoms with E-state index < -0.39 is 12.0 Å². The number of carbonyl (C=O) groups excluding carboxylic acids is 1. The second kappa shape index (κ2) is 11.7. The molecule has 1 aromatic heterocycles. The van der Waals surface area contributed by atoms with E-state index in [-0.39, 0.29) is 0 Å². The Hall–Kier alpha value is -2.45. The molecule has 0 amide bonds. The molecule has 1 atom stereocenters. The van der Waals surface area contributed by atoms with Crippen molar-refractivity contribution in [1.29, 1.82) is 0 Å². The van der Waals surface area contributed by atoms with E-state index in [1.54, 1.807) is 0 Å². The van der Waals surface area contributed by atoms with E-state index >= 15 is 0 Å². The van der Waals surface area contributed by atoms with E-state index in [0.29, 0.717) is 12.5 Å². The Bertz CT molecular complexity index is 747. The van der Waals surface area contributed by atoms with Crippen molar-refractivity contribution in [3.63, 3.8) is 0 Å². The number of aromatic nitrogens is 1. The van der Waals surface area contributed by atoms with Crippen LogP contribution in [0.1, 0.15) is 49.8 Å². The van der Waals surface area contributed by atoms with Gasteiger partial charge in [0.25, 0.3) is 0 Å². The van der Waals surface area contributed by atoms with E-state index in [2.05, 4.69) is 27.5 Å². The van der Waals surface area contributed by atoms with Gasteiger partial charge in [0.1, 0.15) is 11.9 Å². The Morgan fingerprint density at radius 3 is 3.03 bits per heavy atom. The largest absolute Gasteiger partial charge is 0.405 e. The number of hydrogen-bond donors (Lipinski definition) is 3. The number of aryl methyl sites for hydroxylation is 2. The Morgan fingerprint density at radius 2 is 2.23 bits per heavy atom. The van der Waals surface area contributed by atoms with Crippen LogP contribution in [0.3, 0.4) is 0 Å². The third kappa shape index (κ3) is 7.11. The van der Waals surface area contributed by atoms with Gasteiger partial charge in [0.15, 0.2) is 0 Å². The first-order valence-corrected chi connectivity index (χ1v) is 11.0. The zero-order valence-corrected chi connectivity index (χ0v) is 17.6. The molecule has 3 rings (SSSR count). The summed E-state index contributed by atoms with van der Waals surface area (Å²) in [6.07, 6.45) is 12.6. The number of fused-ring (bicyclic) bond motifs is 1. The zero-order valence-electron chi connectivity index (χ0n) is 17.6. The van der Waals surface area contributed by atoms with Crippen molar-refractivity contribution >= 4 is 18.0 Å². The van der Waals surface area contributed by atoms with Gasteiger partial charge in [-0.15, -0.1) is 0 Å². The summed E-state index contributed by atoms with van der Waals surface area (Å²) in [4.78, 5) is 23.9. The Morgan fingerprint density at radius 1 is 1.37 bits per heavy atom. The van der Waals surface area contributed by atoms with E-state index in [4.69, 9.17) is 21.3 Å². The number of allylic oxidation sites excluding steroid dienone is 1. The first-order valence-electron chi connectivity index (χ1n) is 11.0. The number of carbonyl (C=O) groups is 1. The quantitative estimate of drug-likeness (QED) is 0.207. The van der Waals surface area contributed by atoms with Crippen LogP contribution in [0.2, 0.25) is 0 Å². The van der Waals surface area contributed by atoms with Crippen LogP contribution >= 0.6 is 0 Å². The van der Waals surface area contributed by atoms with Crippen molar-refractivity contribution in [3.05, 3.63) is 35.7 Å². The lowest BCUT2D eigenvalue weighted by atomic mass is 10.1. The number of anilines is 1. The smallest absolute Gasteiger partial charge is 0.351 e. The van der Waals surface area contributed by atoms with E-state index in [0.717, 1.165) is 56.8 Å². The maximum Gasteiger partial charge on any atom is 0.351 e. The summed E-state index contributed by atoms with van der Waals surface area (Å²) >= 11 is 0. The van der Waals surface area contributed by atoms with Gasteiger partial charge < -0.3 is 26.5 Å². The van der Waals surface area contributed by atoms with Crippen LogP contribution in [-0.4, -0.2) is 53.8 Å². The lowest BCUT2D eigenvalue weighted by Crippen LogP contribution is -2.37. The van der Waals surface area contributed by atoms with Gasteiger partial charge in [-0.1, -0.05) is 11.2 Å². The fourth-order valence-electron chi connectivity index (χ4n) is 3.70. The highest BCUT2D eigenvalue weighted by Crippen LogP contribution is 2.27. The molecule has 1 fully saturated rings. The Balaban J connectivity index is 1.36. The maximum absolute atomic E-state index is 11.9. The Kier molecular flexibility index (Phi) is 8.65. The average Bonchev–Trinajstić information content (AvgIpc) is 3.61. The van der Waals surface area contributed by atoms with E-state index in [1.165, 1.54) is 43.3 Å². The molecule has 0 radical (unpaired) electrons. The second-order valence-electron chi connectivity index (χ2n) is 8.01. The zero-order chi connectivity index (χ0) is 21.2. The number of nitrogens with one attached hydrogen (secondary N) is 1. The highest BCUT2D eigenvalue weighted by Gasteiger charge is 2.29. The molecular weight excluding hydrogens is 380 g/mol. The fourth-order valence-corrected chi connectivity index (χ4v) is 3.70. The van der Waals surface area contributed by atoms with Crippen LogP contribution < -0.4 is 16.8 Å². The molecule has 1 aliphatic heterocycles. The highest BCUT2D eigenvalue weighted by atomic mass is 16.7. The van der Waals surface area contributed by atoms with Crippen molar-refractivity contribution in [2.75, 3.05) is 25.0 Å². The van der Waals surface area contributed by atoms with Gasteiger partial charge in [-0.25, -0.2) is 9.78 Å². The summed E-state index contributed by atoms with van der Waals surface area (Å²) in [7, 11) is 0. The van der Waals surface area contributed by atoms with Crippen LogP contribution in [0.4, 0.5) is 5.82 Å². The number of hydrogen-bond acceptors (Lipinski definition) is 8. The molecule has 164 valence electrons. The minimum absolute atomic E-state index is 0.514. The van der Waals surface area contributed by atoms with Crippen molar-refractivity contribution in [2.45, 2.75) is 63.5 Å².